The van der Waals surface area contributed by atoms with Crippen LogP contribution < -0.4 is 0 Å². The number of unbranched alkanes of at least 4 members (excludes halogenated alkanes) is 1. The van der Waals surface area contributed by atoms with Gasteiger partial charge in [-0.25, -0.2) is 5.11 Å². The second kappa shape index (κ2) is 3.96. The van der Waals surface area contributed by atoms with Gasteiger partial charge >= 0.3 is 0 Å². The lowest BCUT2D eigenvalue weighted by atomic mass is 10.4. The second-order valence-electron chi connectivity index (χ2n) is 0.911. The monoisotopic (exact) mass is 72.1 g/mol. The van der Waals surface area contributed by atoms with Gasteiger partial charge in [-0.3, -0.25) is 0 Å². The zero-order valence-corrected chi connectivity index (χ0v) is 3.24. The molecular weight excluding hydrogens is 64.0 g/mol. The zero-order valence-electron chi connectivity index (χ0n) is 3.24. The summed E-state index contributed by atoms with van der Waals surface area (Å²) in [5.74, 6) is 0. The fraction of sp³-hybridized carbons (Fsp3) is 0.750. The Labute approximate surface area is 32.6 Å². The molecule has 0 aliphatic heterocycles. The smallest absolute Gasteiger partial charge is 0.0822 e. The lowest BCUT2D eigenvalue weighted by Gasteiger charge is -1.76. The minimum Gasteiger partial charge on any atom is -0.237 e. The van der Waals surface area contributed by atoms with Gasteiger partial charge in [0.2, 0.25) is 0 Å². The first-order chi connectivity index (χ1) is 2.41. The van der Waals surface area contributed by atoms with Gasteiger partial charge in [-0.2, -0.15) is 0 Å². The average molecular weight is 72.1 g/mol. The zero-order chi connectivity index (χ0) is 4.12. The van der Waals surface area contributed by atoms with E-state index < -0.39 is 0 Å². The standard InChI is InChI=1S/C4H8O/c1-2-3-4-5/h1-4H2. The highest BCUT2D eigenvalue weighted by atomic mass is 16.2. The van der Waals surface area contributed by atoms with Crippen molar-refractivity contribution in [2.45, 2.75) is 12.8 Å². The molecule has 0 heterocycles. The second-order valence-corrected chi connectivity index (χ2v) is 0.911. The lowest BCUT2D eigenvalue weighted by molar-refractivity contribution is 0.190. The van der Waals surface area contributed by atoms with E-state index in [-0.39, 0.29) is 6.61 Å². The summed E-state index contributed by atoms with van der Waals surface area (Å²) < 4.78 is 0. The van der Waals surface area contributed by atoms with Crippen molar-refractivity contribution < 1.29 is 5.11 Å². The Hall–Kier alpha value is -0.0400. The van der Waals surface area contributed by atoms with Crippen LogP contribution in [0, 0.1) is 6.92 Å². The molecule has 0 aromatic rings. The molecule has 0 saturated heterocycles. The number of hydrogen-bond acceptors (Lipinski definition) is 0. The summed E-state index contributed by atoms with van der Waals surface area (Å²) in [6, 6.07) is 0. The van der Waals surface area contributed by atoms with Gasteiger partial charge in [-0.1, -0.05) is 13.3 Å². The molecule has 2 radical (unpaired) electrons. The van der Waals surface area contributed by atoms with Crippen LogP contribution in [0.3, 0.4) is 0 Å². The molecule has 0 fully saturated rings. The molecule has 0 unspecified atom stereocenters. The molecule has 0 bridgehead atoms. The summed E-state index contributed by atoms with van der Waals surface area (Å²) in [4.78, 5) is 0. The van der Waals surface area contributed by atoms with Crippen LogP contribution >= 0.6 is 0 Å². The predicted octanol–water partition coefficient (Wildman–Crippen LogP) is 1.03. The largest absolute Gasteiger partial charge is 0.237 e. The number of hydrogen-bond donors (Lipinski definition) is 0. The maximum absolute atomic E-state index is 9.49. The Kier molecular flexibility index (Phi) is 3.93. The van der Waals surface area contributed by atoms with Crippen molar-refractivity contribution in [2.75, 3.05) is 6.61 Å². The fourth-order valence-corrected chi connectivity index (χ4v) is 0.102. The van der Waals surface area contributed by atoms with E-state index in [0.29, 0.717) is 0 Å². The highest BCUT2D eigenvalue weighted by molar-refractivity contribution is 4.34. The van der Waals surface area contributed by atoms with E-state index in [9.17, 15) is 5.11 Å². The summed E-state index contributed by atoms with van der Waals surface area (Å²) in [6.45, 7) is 3.51. The molecular formula is C4H8O. The Bertz CT molecular complexity index is 11.1. The van der Waals surface area contributed by atoms with Gasteiger partial charge in [0.05, 0.1) is 6.61 Å². The third-order valence-corrected chi connectivity index (χ3v) is 0.394. The first kappa shape index (κ1) is 4.96. The Morgan fingerprint density at radius 2 is 2.20 bits per heavy atom. The topological polar surface area (TPSA) is 19.9 Å². The van der Waals surface area contributed by atoms with Gasteiger partial charge in [-0.05, 0) is 6.42 Å². The molecule has 30 valence electrons. The summed E-state index contributed by atoms with van der Waals surface area (Å²) >= 11 is 0. The SMILES string of the molecule is [CH2]CCC[O]. The third kappa shape index (κ3) is 3.96. The van der Waals surface area contributed by atoms with Crippen molar-refractivity contribution in [2.24, 2.45) is 0 Å². The lowest BCUT2D eigenvalue weighted by Crippen LogP contribution is -1.73. The normalized spacial score (nSPS) is 8.40. The third-order valence-electron chi connectivity index (χ3n) is 0.394. The molecule has 0 aromatic heterocycles. The van der Waals surface area contributed by atoms with Gasteiger partial charge in [-0.15, -0.1) is 0 Å². The van der Waals surface area contributed by atoms with Crippen LogP contribution in [0.25, 0.3) is 0 Å². The first-order valence-electron chi connectivity index (χ1n) is 1.79. The molecule has 0 amide bonds. The highest BCUT2D eigenvalue weighted by Crippen LogP contribution is 1.78. The molecule has 0 saturated carbocycles. The summed E-state index contributed by atoms with van der Waals surface area (Å²) in [5, 5.41) is 9.49. The summed E-state index contributed by atoms with van der Waals surface area (Å²) in [5.41, 5.74) is 0. The summed E-state index contributed by atoms with van der Waals surface area (Å²) in [7, 11) is 0. The van der Waals surface area contributed by atoms with Gasteiger partial charge in [0, 0.05) is 0 Å². The van der Waals surface area contributed by atoms with E-state index in [1.165, 1.54) is 0 Å². The van der Waals surface area contributed by atoms with Gasteiger partial charge < -0.3 is 0 Å². The van der Waals surface area contributed by atoms with Crippen LogP contribution in [0.5, 0.6) is 0 Å². The number of rotatable bonds is 2. The van der Waals surface area contributed by atoms with Crippen molar-refractivity contribution >= 4 is 0 Å². The highest BCUT2D eigenvalue weighted by Gasteiger charge is 1.71. The average Bonchev–Trinajstić information content (AvgIpc) is 1.41. The van der Waals surface area contributed by atoms with Crippen molar-refractivity contribution in [1.82, 2.24) is 0 Å². The van der Waals surface area contributed by atoms with Crippen LogP contribution in [0.15, 0.2) is 0 Å². The van der Waals surface area contributed by atoms with E-state index in [4.69, 9.17) is 0 Å². The Morgan fingerprint density at radius 1 is 1.60 bits per heavy atom. The van der Waals surface area contributed by atoms with Gasteiger partial charge in [0.25, 0.3) is 0 Å². The van der Waals surface area contributed by atoms with Crippen LogP contribution in [0.1, 0.15) is 12.8 Å². The fourth-order valence-electron chi connectivity index (χ4n) is 0.102. The van der Waals surface area contributed by atoms with Crippen molar-refractivity contribution in [3.8, 4) is 0 Å². The van der Waals surface area contributed by atoms with E-state index in [1.54, 1.807) is 0 Å². The minimum atomic E-state index is 0.0312. The van der Waals surface area contributed by atoms with Gasteiger partial charge in [0.15, 0.2) is 0 Å². The first-order valence-corrected chi connectivity index (χ1v) is 1.79. The van der Waals surface area contributed by atoms with Crippen molar-refractivity contribution in [3.05, 3.63) is 6.92 Å². The Balaban J connectivity index is 2.19. The molecule has 0 spiro atoms. The van der Waals surface area contributed by atoms with E-state index in [1.807, 2.05) is 0 Å². The maximum atomic E-state index is 9.49. The molecule has 0 atom stereocenters. The molecule has 0 aromatic carbocycles. The van der Waals surface area contributed by atoms with E-state index >= 15 is 0 Å². The molecule has 0 aliphatic rings. The molecule has 1 nitrogen and oxygen atoms in total. The van der Waals surface area contributed by atoms with Crippen molar-refractivity contribution in [3.63, 3.8) is 0 Å². The van der Waals surface area contributed by atoms with Crippen LogP contribution in [0.4, 0.5) is 0 Å². The minimum absolute atomic E-state index is 0.0312. The maximum Gasteiger partial charge on any atom is 0.0822 e. The Morgan fingerprint density at radius 3 is 2.20 bits per heavy atom. The van der Waals surface area contributed by atoms with Crippen LogP contribution in [-0.2, 0) is 5.11 Å². The molecule has 0 aliphatic carbocycles. The molecule has 0 N–H and O–H groups in total. The van der Waals surface area contributed by atoms with Crippen LogP contribution in [-0.4, -0.2) is 6.61 Å². The van der Waals surface area contributed by atoms with E-state index in [2.05, 4.69) is 6.92 Å². The van der Waals surface area contributed by atoms with E-state index in [0.717, 1.165) is 12.8 Å². The van der Waals surface area contributed by atoms with Crippen molar-refractivity contribution in [1.29, 1.82) is 0 Å². The molecule has 0 rings (SSSR count). The predicted molar refractivity (Wildman–Crippen MR) is 20.1 cm³/mol. The quantitative estimate of drug-likeness (QED) is 0.464. The molecule has 1 heteroatoms. The van der Waals surface area contributed by atoms with Gasteiger partial charge in [0.1, 0.15) is 0 Å². The van der Waals surface area contributed by atoms with Crippen LogP contribution in [0.2, 0.25) is 0 Å². The summed E-state index contributed by atoms with van der Waals surface area (Å²) in [6.07, 6.45) is 1.50. The molecule has 5 heavy (non-hydrogen) atoms.